The van der Waals surface area contributed by atoms with Crippen LogP contribution in [0.25, 0.3) is 0 Å². The molecule has 6 nitrogen and oxygen atoms in total. The van der Waals surface area contributed by atoms with Crippen LogP contribution in [0.5, 0.6) is 0 Å². The SMILES string of the molecule is O=S1(=O)CCCC1CNCC(O)Cn1cccn1. The Morgan fingerprint density at radius 3 is 3.00 bits per heavy atom. The van der Waals surface area contributed by atoms with Gasteiger partial charge in [-0.15, -0.1) is 0 Å². The van der Waals surface area contributed by atoms with Gasteiger partial charge in [0.1, 0.15) is 0 Å². The number of hydrogen-bond acceptors (Lipinski definition) is 5. The smallest absolute Gasteiger partial charge is 0.154 e. The van der Waals surface area contributed by atoms with Crippen molar-refractivity contribution in [1.82, 2.24) is 15.1 Å². The Hall–Kier alpha value is -0.920. The van der Waals surface area contributed by atoms with Gasteiger partial charge in [-0.25, -0.2) is 8.42 Å². The number of nitrogens with zero attached hydrogens (tertiary/aromatic N) is 2. The summed E-state index contributed by atoms with van der Waals surface area (Å²) in [5, 5.41) is 16.5. The highest BCUT2D eigenvalue weighted by molar-refractivity contribution is 7.92. The Morgan fingerprint density at radius 1 is 1.56 bits per heavy atom. The molecule has 2 rings (SSSR count). The van der Waals surface area contributed by atoms with E-state index in [1.807, 2.05) is 0 Å². The Morgan fingerprint density at radius 2 is 2.39 bits per heavy atom. The maximum Gasteiger partial charge on any atom is 0.154 e. The zero-order valence-corrected chi connectivity index (χ0v) is 11.0. The first-order chi connectivity index (χ1) is 8.58. The van der Waals surface area contributed by atoms with E-state index < -0.39 is 15.9 Å². The van der Waals surface area contributed by atoms with Crippen molar-refractivity contribution in [3.05, 3.63) is 18.5 Å². The molecule has 1 aliphatic heterocycles. The highest BCUT2D eigenvalue weighted by Crippen LogP contribution is 2.18. The third-order valence-electron chi connectivity index (χ3n) is 3.17. The van der Waals surface area contributed by atoms with Crippen molar-refractivity contribution in [2.45, 2.75) is 30.7 Å². The zero-order chi connectivity index (χ0) is 13.0. The molecule has 1 aliphatic rings. The molecule has 0 aliphatic carbocycles. The molecule has 1 aromatic rings. The molecular formula is C11H19N3O3S. The topological polar surface area (TPSA) is 84.2 Å². The molecule has 0 bridgehead atoms. The van der Waals surface area contributed by atoms with Crippen molar-refractivity contribution >= 4 is 9.84 Å². The molecule has 1 fully saturated rings. The first-order valence-corrected chi connectivity index (χ1v) is 7.87. The van der Waals surface area contributed by atoms with Crippen molar-refractivity contribution in [1.29, 1.82) is 0 Å². The summed E-state index contributed by atoms with van der Waals surface area (Å²) in [4.78, 5) is 0. The van der Waals surface area contributed by atoms with Gasteiger partial charge >= 0.3 is 0 Å². The summed E-state index contributed by atoms with van der Waals surface area (Å²) in [5.74, 6) is 0.301. The van der Waals surface area contributed by atoms with Gasteiger partial charge in [-0.1, -0.05) is 0 Å². The molecule has 18 heavy (non-hydrogen) atoms. The molecule has 2 unspecified atom stereocenters. The van der Waals surface area contributed by atoms with Gasteiger partial charge < -0.3 is 10.4 Å². The molecule has 2 atom stereocenters. The summed E-state index contributed by atoms with van der Waals surface area (Å²) in [6.07, 6.45) is 4.36. The van der Waals surface area contributed by atoms with E-state index in [4.69, 9.17) is 0 Å². The minimum Gasteiger partial charge on any atom is -0.390 e. The third-order valence-corrected chi connectivity index (χ3v) is 5.45. The summed E-state index contributed by atoms with van der Waals surface area (Å²) in [5.41, 5.74) is 0. The van der Waals surface area contributed by atoms with Crippen molar-refractivity contribution in [3.63, 3.8) is 0 Å². The number of aromatic nitrogens is 2. The summed E-state index contributed by atoms with van der Waals surface area (Å²) >= 11 is 0. The lowest BCUT2D eigenvalue weighted by molar-refractivity contribution is 0.147. The van der Waals surface area contributed by atoms with Crippen LogP contribution in [-0.4, -0.2) is 53.5 Å². The molecule has 0 amide bonds. The maximum atomic E-state index is 11.6. The van der Waals surface area contributed by atoms with E-state index in [2.05, 4.69) is 10.4 Å². The molecule has 102 valence electrons. The molecular weight excluding hydrogens is 254 g/mol. The third kappa shape index (κ3) is 3.54. The fourth-order valence-corrected chi connectivity index (χ4v) is 3.99. The second-order valence-corrected chi connectivity index (χ2v) is 7.07. The second-order valence-electron chi connectivity index (χ2n) is 4.67. The largest absolute Gasteiger partial charge is 0.390 e. The minimum absolute atomic E-state index is 0.283. The second kappa shape index (κ2) is 5.81. The van der Waals surface area contributed by atoms with Crippen molar-refractivity contribution in [3.8, 4) is 0 Å². The maximum absolute atomic E-state index is 11.6. The van der Waals surface area contributed by atoms with Crippen LogP contribution < -0.4 is 5.32 Å². The van der Waals surface area contributed by atoms with E-state index in [0.717, 1.165) is 12.8 Å². The average Bonchev–Trinajstić information content (AvgIpc) is 2.89. The number of sulfone groups is 1. The van der Waals surface area contributed by atoms with Gasteiger partial charge in [0.05, 0.1) is 23.7 Å². The van der Waals surface area contributed by atoms with E-state index in [1.54, 1.807) is 23.1 Å². The van der Waals surface area contributed by atoms with Gasteiger partial charge in [-0.05, 0) is 18.9 Å². The lowest BCUT2D eigenvalue weighted by Gasteiger charge is -2.14. The molecule has 2 N–H and O–H groups in total. The first kappa shape index (κ1) is 13.5. The van der Waals surface area contributed by atoms with E-state index in [1.165, 1.54) is 0 Å². The summed E-state index contributed by atoms with van der Waals surface area (Å²) in [6, 6.07) is 1.80. The van der Waals surface area contributed by atoms with E-state index in [-0.39, 0.29) is 5.25 Å². The minimum atomic E-state index is -2.90. The van der Waals surface area contributed by atoms with Crippen LogP contribution in [0, 0.1) is 0 Å². The quantitative estimate of drug-likeness (QED) is 0.724. The van der Waals surface area contributed by atoms with Crippen molar-refractivity contribution < 1.29 is 13.5 Å². The summed E-state index contributed by atoms with van der Waals surface area (Å²) in [7, 11) is -2.90. The van der Waals surface area contributed by atoms with Crippen molar-refractivity contribution in [2.75, 3.05) is 18.8 Å². The fourth-order valence-electron chi connectivity index (χ4n) is 2.19. The summed E-state index contributed by atoms with van der Waals surface area (Å²) in [6.45, 7) is 1.22. The normalized spacial score (nSPS) is 24.2. The van der Waals surface area contributed by atoms with E-state index in [0.29, 0.717) is 25.4 Å². The Labute approximate surface area is 107 Å². The average molecular weight is 273 g/mol. The van der Waals surface area contributed by atoms with Gasteiger partial charge in [0.2, 0.25) is 0 Å². The molecule has 7 heteroatoms. The lowest BCUT2D eigenvalue weighted by atomic mass is 10.2. The number of hydrogen-bond donors (Lipinski definition) is 2. The number of rotatable bonds is 6. The van der Waals surface area contributed by atoms with Crippen LogP contribution in [0.4, 0.5) is 0 Å². The molecule has 1 aromatic heterocycles. The summed E-state index contributed by atoms with van der Waals surface area (Å²) < 4.78 is 24.8. The Balaban J connectivity index is 1.69. The highest BCUT2D eigenvalue weighted by Gasteiger charge is 2.30. The number of aliphatic hydroxyl groups excluding tert-OH is 1. The molecule has 0 spiro atoms. The standard InChI is InChI=1S/C11H19N3O3S/c15-10(9-14-5-2-4-13-14)7-12-8-11-3-1-6-18(11,16)17/h2,4-5,10-12,15H,1,3,6-9H2. The first-order valence-electron chi connectivity index (χ1n) is 6.16. The van der Waals surface area contributed by atoms with Crippen LogP contribution in [0.3, 0.4) is 0 Å². The number of nitrogens with one attached hydrogen (secondary N) is 1. The van der Waals surface area contributed by atoms with Crippen LogP contribution in [0.1, 0.15) is 12.8 Å². The predicted octanol–water partition coefficient (Wildman–Crippen LogP) is -0.589. The molecule has 1 saturated heterocycles. The lowest BCUT2D eigenvalue weighted by Crippen LogP contribution is -2.36. The van der Waals surface area contributed by atoms with Gasteiger partial charge in [-0.2, -0.15) is 5.10 Å². The van der Waals surface area contributed by atoms with Crippen LogP contribution in [-0.2, 0) is 16.4 Å². The zero-order valence-electron chi connectivity index (χ0n) is 10.2. The van der Waals surface area contributed by atoms with Gasteiger partial charge in [0.15, 0.2) is 9.84 Å². The molecule has 0 aromatic carbocycles. The fraction of sp³-hybridized carbons (Fsp3) is 0.727. The van der Waals surface area contributed by atoms with Gasteiger partial charge in [0.25, 0.3) is 0 Å². The van der Waals surface area contributed by atoms with Crippen LogP contribution in [0.2, 0.25) is 0 Å². The Kier molecular flexibility index (Phi) is 4.36. The Bertz CT molecular complexity index is 458. The van der Waals surface area contributed by atoms with Crippen molar-refractivity contribution in [2.24, 2.45) is 0 Å². The van der Waals surface area contributed by atoms with Gasteiger partial charge in [0, 0.05) is 25.5 Å². The molecule has 2 heterocycles. The molecule has 0 saturated carbocycles. The molecule has 0 radical (unpaired) electrons. The monoisotopic (exact) mass is 273 g/mol. The van der Waals surface area contributed by atoms with E-state index in [9.17, 15) is 13.5 Å². The predicted molar refractivity (Wildman–Crippen MR) is 67.9 cm³/mol. The highest BCUT2D eigenvalue weighted by atomic mass is 32.2. The number of aliphatic hydroxyl groups is 1. The van der Waals surface area contributed by atoms with E-state index >= 15 is 0 Å². The van der Waals surface area contributed by atoms with Gasteiger partial charge in [-0.3, -0.25) is 4.68 Å². The van der Waals surface area contributed by atoms with Crippen LogP contribution >= 0.6 is 0 Å². The van der Waals surface area contributed by atoms with Crippen LogP contribution in [0.15, 0.2) is 18.5 Å².